The minimum atomic E-state index is -0.145. The van der Waals surface area contributed by atoms with E-state index >= 15 is 0 Å². The van der Waals surface area contributed by atoms with Crippen molar-refractivity contribution in [1.29, 1.82) is 0 Å². The van der Waals surface area contributed by atoms with Gasteiger partial charge in [-0.3, -0.25) is 0 Å². The molecule has 1 unspecified atom stereocenters. The fourth-order valence-electron chi connectivity index (χ4n) is 2.68. The number of benzene rings is 2. The number of ether oxygens (including phenoxy) is 3. The van der Waals surface area contributed by atoms with Crippen molar-refractivity contribution in [2.75, 3.05) is 21.0 Å². The maximum atomic E-state index is 12.4. The van der Waals surface area contributed by atoms with E-state index in [0.717, 1.165) is 22.6 Å². The zero-order chi connectivity index (χ0) is 17.8. The first-order valence-electron chi connectivity index (χ1n) is 8.11. The molecule has 6 heteroatoms. The monoisotopic (exact) mass is 342 g/mol. The molecule has 25 heavy (non-hydrogen) atoms. The van der Waals surface area contributed by atoms with Gasteiger partial charge in [-0.1, -0.05) is 18.2 Å². The van der Waals surface area contributed by atoms with Crippen molar-refractivity contribution < 1.29 is 19.0 Å². The van der Waals surface area contributed by atoms with Crippen LogP contribution in [0.1, 0.15) is 24.1 Å². The Morgan fingerprint density at radius 3 is 2.84 bits per heavy atom. The molecule has 2 aromatic carbocycles. The molecule has 0 saturated carbocycles. The van der Waals surface area contributed by atoms with E-state index in [0.29, 0.717) is 12.3 Å². The van der Waals surface area contributed by atoms with E-state index < -0.39 is 0 Å². The van der Waals surface area contributed by atoms with E-state index in [-0.39, 0.29) is 18.9 Å². The number of fused-ring (bicyclic) bond motifs is 1. The third-order valence-electron chi connectivity index (χ3n) is 4.14. The van der Waals surface area contributed by atoms with Crippen molar-refractivity contribution in [3.05, 3.63) is 53.6 Å². The van der Waals surface area contributed by atoms with Crippen LogP contribution in [0.3, 0.4) is 0 Å². The highest BCUT2D eigenvalue weighted by atomic mass is 16.7. The molecule has 2 aromatic rings. The van der Waals surface area contributed by atoms with E-state index in [4.69, 9.17) is 14.2 Å². The van der Waals surface area contributed by atoms with Gasteiger partial charge >= 0.3 is 6.03 Å². The molecule has 0 aromatic heterocycles. The van der Waals surface area contributed by atoms with Crippen LogP contribution in [0.2, 0.25) is 0 Å². The first-order chi connectivity index (χ1) is 12.1. The lowest BCUT2D eigenvalue weighted by Gasteiger charge is -2.22. The number of hydrogen-bond donors (Lipinski definition) is 1. The van der Waals surface area contributed by atoms with Crippen molar-refractivity contribution in [1.82, 2.24) is 10.2 Å². The molecular weight excluding hydrogens is 320 g/mol. The number of urea groups is 1. The summed E-state index contributed by atoms with van der Waals surface area (Å²) in [5.74, 6) is 2.22. The molecule has 0 fully saturated rings. The van der Waals surface area contributed by atoms with Crippen molar-refractivity contribution in [3.63, 3.8) is 0 Å². The maximum absolute atomic E-state index is 12.4. The molecule has 1 aliphatic heterocycles. The minimum Gasteiger partial charge on any atom is -0.497 e. The smallest absolute Gasteiger partial charge is 0.317 e. The molecule has 0 aliphatic carbocycles. The summed E-state index contributed by atoms with van der Waals surface area (Å²) in [7, 11) is 3.39. The summed E-state index contributed by atoms with van der Waals surface area (Å²) >= 11 is 0. The van der Waals surface area contributed by atoms with Gasteiger partial charge in [-0.25, -0.2) is 4.79 Å². The molecule has 132 valence electrons. The Balaban J connectivity index is 1.60. The molecule has 0 spiro atoms. The Morgan fingerprint density at radius 1 is 1.24 bits per heavy atom. The van der Waals surface area contributed by atoms with Crippen LogP contribution in [0, 0.1) is 0 Å². The molecule has 2 amide bonds. The molecule has 0 bridgehead atoms. The van der Waals surface area contributed by atoms with Crippen molar-refractivity contribution in [2.24, 2.45) is 0 Å². The summed E-state index contributed by atoms with van der Waals surface area (Å²) in [5, 5.41) is 3.00. The van der Waals surface area contributed by atoms with E-state index in [1.54, 1.807) is 19.1 Å². The van der Waals surface area contributed by atoms with Crippen LogP contribution in [-0.4, -0.2) is 31.9 Å². The van der Waals surface area contributed by atoms with Crippen LogP contribution in [0.4, 0.5) is 4.79 Å². The van der Waals surface area contributed by atoms with E-state index in [1.807, 2.05) is 49.4 Å². The summed E-state index contributed by atoms with van der Waals surface area (Å²) in [6.07, 6.45) is 0. The molecule has 6 nitrogen and oxygen atoms in total. The number of nitrogens with one attached hydrogen (secondary N) is 1. The van der Waals surface area contributed by atoms with Crippen LogP contribution in [0.25, 0.3) is 0 Å². The van der Waals surface area contributed by atoms with Crippen LogP contribution in [-0.2, 0) is 6.54 Å². The van der Waals surface area contributed by atoms with Crippen molar-refractivity contribution >= 4 is 6.03 Å². The molecule has 1 aliphatic rings. The van der Waals surface area contributed by atoms with Gasteiger partial charge in [-0.2, -0.15) is 0 Å². The largest absolute Gasteiger partial charge is 0.497 e. The number of hydrogen-bond acceptors (Lipinski definition) is 4. The molecule has 0 radical (unpaired) electrons. The zero-order valence-corrected chi connectivity index (χ0v) is 14.6. The fraction of sp³-hybridized carbons (Fsp3) is 0.316. The van der Waals surface area contributed by atoms with Gasteiger partial charge in [-0.15, -0.1) is 0 Å². The third kappa shape index (κ3) is 3.96. The lowest BCUT2D eigenvalue weighted by Crippen LogP contribution is -2.38. The molecule has 1 atom stereocenters. The maximum Gasteiger partial charge on any atom is 0.317 e. The Morgan fingerprint density at radius 2 is 2.04 bits per heavy atom. The fourth-order valence-corrected chi connectivity index (χ4v) is 2.68. The Kier molecular flexibility index (Phi) is 4.97. The van der Waals surface area contributed by atoms with Gasteiger partial charge in [0.25, 0.3) is 0 Å². The van der Waals surface area contributed by atoms with Gasteiger partial charge in [0.05, 0.1) is 13.2 Å². The quantitative estimate of drug-likeness (QED) is 0.905. The van der Waals surface area contributed by atoms with Gasteiger partial charge < -0.3 is 24.4 Å². The SMILES string of the molecule is COc1cccc(CN(C)C(=O)NC(C)c2ccc3c(c2)OCO3)c1. The topological polar surface area (TPSA) is 60.0 Å². The first kappa shape index (κ1) is 17.0. The molecule has 3 rings (SSSR count). The van der Waals surface area contributed by atoms with Crippen LogP contribution in [0.5, 0.6) is 17.2 Å². The highest BCUT2D eigenvalue weighted by Crippen LogP contribution is 2.34. The first-order valence-corrected chi connectivity index (χ1v) is 8.11. The van der Waals surface area contributed by atoms with Crippen LogP contribution >= 0.6 is 0 Å². The number of methoxy groups -OCH3 is 1. The highest BCUT2D eigenvalue weighted by molar-refractivity contribution is 5.74. The Hall–Kier alpha value is -2.89. The normalized spacial score (nSPS) is 13.2. The Labute approximate surface area is 147 Å². The summed E-state index contributed by atoms with van der Waals surface area (Å²) in [5.41, 5.74) is 1.97. The standard InChI is InChI=1S/C19H22N2O4/c1-13(15-7-8-17-18(10-15)25-12-24-17)20-19(22)21(2)11-14-5-4-6-16(9-14)23-3/h4-10,13H,11-12H2,1-3H3,(H,20,22). The van der Waals surface area contributed by atoms with E-state index in [9.17, 15) is 4.79 Å². The number of nitrogens with zero attached hydrogens (tertiary/aromatic N) is 1. The summed E-state index contributed by atoms with van der Waals surface area (Å²) < 4.78 is 15.9. The highest BCUT2D eigenvalue weighted by Gasteiger charge is 2.18. The average molecular weight is 342 g/mol. The molecule has 0 saturated heterocycles. The van der Waals surface area contributed by atoms with Gasteiger partial charge in [0.2, 0.25) is 6.79 Å². The van der Waals surface area contributed by atoms with Gasteiger partial charge in [0.1, 0.15) is 5.75 Å². The second-order valence-corrected chi connectivity index (χ2v) is 5.99. The summed E-state index contributed by atoms with van der Waals surface area (Å²) in [4.78, 5) is 14.1. The van der Waals surface area contributed by atoms with E-state index in [1.165, 1.54) is 0 Å². The second kappa shape index (κ2) is 7.34. The van der Waals surface area contributed by atoms with Crippen LogP contribution in [0.15, 0.2) is 42.5 Å². The number of carbonyl (C=O) groups is 1. The van der Waals surface area contributed by atoms with Crippen molar-refractivity contribution in [2.45, 2.75) is 19.5 Å². The lowest BCUT2D eigenvalue weighted by molar-refractivity contribution is 0.174. The zero-order valence-electron chi connectivity index (χ0n) is 14.6. The summed E-state index contributed by atoms with van der Waals surface area (Å²) in [6, 6.07) is 13.1. The Bertz CT molecular complexity index is 763. The lowest BCUT2D eigenvalue weighted by atomic mass is 10.1. The molecule has 1 heterocycles. The second-order valence-electron chi connectivity index (χ2n) is 5.99. The number of rotatable bonds is 5. The van der Waals surface area contributed by atoms with E-state index in [2.05, 4.69) is 5.32 Å². The van der Waals surface area contributed by atoms with Crippen LogP contribution < -0.4 is 19.5 Å². The predicted octanol–water partition coefficient (Wildman–Crippen LogP) is 3.33. The third-order valence-corrected chi connectivity index (χ3v) is 4.14. The number of carbonyl (C=O) groups excluding carboxylic acids is 1. The number of amides is 2. The minimum absolute atomic E-state index is 0.144. The predicted molar refractivity (Wildman–Crippen MR) is 94.0 cm³/mol. The van der Waals surface area contributed by atoms with Crippen molar-refractivity contribution in [3.8, 4) is 17.2 Å². The molecular formula is C19H22N2O4. The van der Waals surface area contributed by atoms with Gasteiger partial charge in [0.15, 0.2) is 11.5 Å². The van der Waals surface area contributed by atoms with Gasteiger partial charge in [0, 0.05) is 13.6 Å². The molecule has 1 N–H and O–H groups in total. The van der Waals surface area contributed by atoms with Gasteiger partial charge in [-0.05, 0) is 42.3 Å². The summed E-state index contributed by atoms with van der Waals surface area (Å²) in [6.45, 7) is 2.68. The average Bonchev–Trinajstić information content (AvgIpc) is 3.09.